The van der Waals surface area contributed by atoms with Gasteiger partial charge in [-0.2, -0.15) is 0 Å². The molecule has 0 radical (unpaired) electrons. The maximum absolute atomic E-state index is 4.20. The first-order valence-electron chi connectivity index (χ1n) is 5.68. The summed E-state index contributed by atoms with van der Waals surface area (Å²) in [6.07, 6.45) is 1.76. The van der Waals surface area contributed by atoms with Crippen molar-refractivity contribution in [3.8, 4) is 11.8 Å². The van der Waals surface area contributed by atoms with Gasteiger partial charge in [0, 0.05) is 24.8 Å². The average Bonchev–Trinajstić information content (AvgIpc) is 2.86. The van der Waals surface area contributed by atoms with Crippen LogP contribution in [-0.4, -0.2) is 4.98 Å². The summed E-state index contributed by atoms with van der Waals surface area (Å²) >= 11 is 0. The number of hydrogen-bond acceptors (Lipinski definition) is 2. The number of nitrogens with one attached hydrogen (secondary N) is 1. The number of benzene rings is 1. The van der Waals surface area contributed by atoms with E-state index in [4.69, 9.17) is 0 Å². The van der Waals surface area contributed by atoms with Crippen molar-refractivity contribution in [3.63, 3.8) is 0 Å². The lowest BCUT2D eigenvalue weighted by atomic mass is 10.0. The molecule has 0 aliphatic carbocycles. The summed E-state index contributed by atoms with van der Waals surface area (Å²) in [7, 11) is 0. The SMILES string of the molecule is C(#Cc1cccc2c1CNC2)c1ccccn1. The Morgan fingerprint density at radius 3 is 2.88 bits per heavy atom. The van der Waals surface area contributed by atoms with E-state index in [0.717, 1.165) is 24.3 Å². The van der Waals surface area contributed by atoms with Crippen molar-refractivity contribution in [1.82, 2.24) is 10.3 Å². The van der Waals surface area contributed by atoms with Crippen LogP contribution in [0.3, 0.4) is 0 Å². The van der Waals surface area contributed by atoms with Crippen molar-refractivity contribution in [2.75, 3.05) is 0 Å². The van der Waals surface area contributed by atoms with Gasteiger partial charge in [0.05, 0.1) is 0 Å². The third-order valence-electron chi connectivity index (χ3n) is 2.88. The molecule has 0 spiro atoms. The number of hydrogen-bond donors (Lipinski definition) is 1. The van der Waals surface area contributed by atoms with E-state index in [9.17, 15) is 0 Å². The van der Waals surface area contributed by atoms with Gasteiger partial charge in [-0.25, -0.2) is 4.98 Å². The van der Waals surface area contributed by atoms with Gasteiger partial charge in [-0.15, -0.1) is 0 Å². The maximum Gasteiger partial charge on any atom is 0.113 e. The predicted molar refractivity (Wildman–Crippen MR) is 67.2 cm³/mol. The van der Waals surface area contributed by atoms with E-state index >= 15 is 0 Å². The monoisotopic (exact) mass is 220 g/mol. The van der Waals surface area contributed by atoms with Crippen LogP contribution >= 0.6 is 0 Å². The van der Waals surface area contributed by atoms with Gasteiger partial charge in [-0.3, -0.25) is 0 Å². The standard InChI is InChI=1S/C15H12N2/c1-2-9-17-14(6-1)8-7-12-4-3-5-13-10-16-11-15(12)13/h1-6,9,16H,10-11H2. The van der Waals surface area contributed by atoms with Gasteiger partial charge in [0.25, 0.3) is 0 Å². The fourth-order valence-electron chi connectivity index (χ4n) is 2.02. The Morgan fingerprint density at radius 1 is 1.00 bits per heavy atom. The van der Waals surface area contributed by atoms with Crippen molar-refractivity contribution in [1.29, 1.82) is 0 Å². The van der Waals surface area contributed by atoms with Crippen LogP contribution < -0.4 is 5.32 Å². The molecule has 0 atom stereocenters. The Kier molecular flexibility index (Phi) is 2.61. The Bertz CT molecular complexity index is 591. The normalized spacial score (nSPS) is 12.7. The van der Waals surface area contributed by atoms with Crippen molar-refractivity contribution >= 4 is 0 Å². The molecule has 0 unspecified atom stereocenters. The molecular weight excluding hydrogens is 208 g/mol. The Morgan fingerprint density at radius 2 is 2.00 bits per heavy atom. The van der Waals surface area contributed by atoms with Crippen LogP contribution in [0.5, 0.6) is 0 Å². The van der Waals surface area contributed by atoms with Gasteiger partial charge in [-0.1, -0.05) is 24.1 Å². The van der Waals surface area contributed by atoms with Crippen molar-refractivity contribution < 1.29 is 0 Å². The third kappa shape index (κ3) is 2.06. The highest BCUT2D eigenvalue weighted by Gasteiger charge is 2.11. The Labute approximate surface area is 101 Å². The fourth-order valence-corrected chi connectivity index (χ4v) is 2.02. The molecule has 1 N–H and O–H groups in total. The quantitative estimate of drug-likeness (QED) is 0.688. The highest BCUT2D eigenvalue weighted by Crippen LogP contribution is 2.18. The molecule has 0 amide bonds. The third-order valence-corrected chi connectivity index (χ3v) is 2.88. The molecule has 2 heteroatoms. The summed E-state index contributed by atoms with van der Waals surface area (Å²) in [5.74, 6) is 6.31. The van der Waals surface area contributed by atoms with E-state index in [-0.39, 0.29) is 0 Å². The summed E-state index contributed by atoms with van der Waals surface area (Å²) < 4.78 is 0. The number of nitrogens with zero attached hydrogens (tertiary/aromatic N) is 1. The second-order valence-electron chi connectivity index (χ2n) is 4.01. The molecule has 1 aliphatic heterocycles. The molecule has 0 saturated heterocycles. The first-order valence-corrected chi connectivity index (χ1v) is 5.68. The lowest BCUT2D eigenvalue weighted by molar-refractivity contribution is 0.764. The largest absolute Gasteiger partial charge is 0.309 e. The number of rotatable bonds is 0. The maximum atomic E-state index is 4.20. The summed E-state index contributed by atoms with van der Waals surface area (Å²) in [6.45, 7) is 1.87. The first-order chi connectivity index (χ1) is 8.43. The van der Waals surface area contributed by atoms with Gasteiger partial charge in [0.1, 0.15) is 5.69 Å². The van der Waals surface area contributed by atoms with Crippen LogP contribution in [0.2, 0.25) is 0 Å². The lowest BCUT2D eigenvalue weighted by Crippen LogP contribution is -2.00. The van der Waals surface area contributed by atoms with Crippen LogP contribution in [-0.2, 0) is 13.1 Å². The predicted octanol–water partition coefficient (Wildman–Crippen LogP) is 2.08. The van der Waals surface area contributed by atoms with Crippen LogP contribution in [0, 0.1) is 11.8 Å². The fraction of sp³-hybridized carbons (Fsp3) is 0.133. The molecule has 0 fully saturated rings. The van der Waals surface area contributed by atoms with E-state index in [1.807, 2.05) is 18.2 Å². The zero-order valence-electron chi connectivity index (χ0n) is 9.40. The minimum atomic E-state index is 0.816. The summed E-state index contributed by atoms with van der Waals surface area (Å²) in [6, 6.07) is 12.1. The molecular formula is C15H12N2. The van der Waals surface area contributed by atoms with Crippen LogP contribution in [0.4, 0.5) is 0 Å². The Hall–Kier alpha value is -2.11. The molecule has 0 bridgehead atoms. The van der Waals surface area contributed by atoms with Gasteiger partial charge >= 0.3 is 0 Å². The molecule has 82 valence electrons. The number of aromatic nitrogens is 1. The van der Waals surface area contributed by atoms with Crippen LogP contribution in [0.25, 0.3) is 0 Å². The van der Waals surface area contributed by atoms with Gasteiger partial charge < -0.3 is 5.32 Å². The van der Waals surface area contributed by atoms with E-state index in [0.29, 0.717) is 0 Å². The van der Waals surface area contributed by atoms with Crippen molar-refractivity contribution in [2.45, 2.75) is 13.1 Å². The molecule has 3 rings (SSSR count). The van der Waals surface area contributed by atoms with E-state index < -0.39 is 0 Å². The van der Waals surface area contributed by atoms with E-state index in [1.54, 1.807) is 6.20 Å². The second kappa shape index (κ2) is 4.40. The van der Waals surface area contributed by atoms with Crippen LogP contribution in [0.15, 0.2) is 42.6 Å². The minimum absolute atomic E-state index is 0.816. The molecule has 2 heterocycles. The summed E-state index contributed by atoms with van der Waals surface area (Å²) in [5, 5.41) is 3.34. The number of fused-ring (bicyclic) bond motifs is 1. The minimum Gasteiger partial charge on any atom is -0.309 e. The van der Waals surface area contributed by atoms with Gasteiger partial charge in [-0.05, 0) is 35.2 Å². The molecule has 1 aromatic heterocycles. The van der Waals surface area contributed by atoms with Crippen molar-refractivity contribution in [3.05, 3.63) is 65.0 Å². The molecule has 17 heavy (non-hydrogen) atoms. The zero-order valence-corrected chi connectivity index (χ0v) is 9.40. The summed E-state index contributed by atoms with van der Waals surface area (Å²) in [4.78, 5) is 4.20. The first kappa shape index (κ1) is 10.1. The second-order valence-corrected chi connectivity index (χ2v) is 4.01. The zero-order chi connectivity index (χ0) is 11.5. The molecule has 0 saturated carbocycles. The molecule has 2 nitrogen and oxygen atoms in total. The van der Waals surface area contributed by atoms with Gasteiger partial charge in [0.15, 0.2) is 0 Å². The molecule has 2 aromatic rings. The smallest absolute Gasteiger partial charge is 0.113 e. The lowest BCUT2D eigenvalue weighted by Gasteiger charge is -1.99. The van der Waals surface area contributed by atoms with E-state index in [1.165, 1.54) is 11.1 Å². The summed E-state index contributed by atoms with van der Waals surface area (Å²) in [5.41, 5.74) is 4.61. The highest BCUT2D eigenvalue weighted by molar-refractivity contribution is 5.49. The average molecular weight is 220 g/mol. The van der Waals surface area contributed by atoms with Crippen molar-refractivity contribution in [2.24, 2.45) is 0 Å². The van der Waals surface area contributed by atoms with Gasteiger partial charge in [0.2, 0.25) is 0 Å². The van der Waals surface area contributed by atoms with Crippen LogP contribution in [0.1, 0.15) is 22.4 Å². The Balaban J connectivity index is 1.97. The molecule has 1 aliphatic rings. The van der Waals surface area contributed by atoms with E-state index in [2.05, 4.69) is 40.3 Å². The highest BCUT2D eigenvalue weighted by atomic mass is 14.9. The molecule has 1 aromatic carbocycles. The number of pyridine rings is 1. The topological polar surface area (TPSA) is 24.9 Å².